The number of nitrogens with two attached hydrogens (primary N) is 1. The highest BCUT2D eigenvalue weighted by Crippen LogP contribution is 2.49. The van der Waals surface area contributed by atoms with Crippen molar-refractivity contribution in [3.63, 3.8) is 0 Å². The third-order valence-corrected chi connectivity index (χ3v) is 3.68. The number of likely N-dealkylation sites (N-methyl/N-ethyl adjacent to an activating group) is 1. The Bertz CT molecular complexity index is 239. The predicted molar refractivity (Wildman–Crippen MR) is 62.1 cm³/mol. The predicted octanol–water partition coefficient (Wildman–Crippen LogP) is 0.340. The van der Waals surface area contributed by atoms with Crippen LogP contribution >= 0.6 is 0 Å². The van der Waals surface area contributed by atoms with Crippen LogP contribution in [0.15, 0.2) is 0 Å². The Hall–Kier alpha value is -0.610. The first-order valence-corrected chi connectivity index (χ1v) is 5.83. The van der Waals surface area contributed by atoms with Gasteiger partial charge in [-0.15, -0.1) is 0 Å². The summed E-state index contributed by atoms with van der Waals surface area (Å²) in [6.07, 6.45) is 3.33. The van der Waals surface area contributed by atoms with E-state index in [1.54, 1.807) is 0 Å². The summed E-state index contributed by atoms with van der Waals surface area (Å²) in [6.45, 7) is 5.86. The van der Waals surface area contributed by atoms with Gasteiger partial charge in [-0.3, -0.25) is 5.41 Å². The van der Waals surface area contributed by atoms with Gasteiger partial charge in [-0.2, -0.15) is 0 Å². The molecule has 2 rings (SSSR count). The van der Waals surface area contributed by atoms with E-state index in [2.05, 4.69) is 16.8 Å². The van der Waals surface area contributed by atoms with Crippen molar-refractivity contribution in [3.8, 4) is 0 Å². The van der Waals surface area contributed by atoms with Crippen LogP contribution in [0.2, 0.25) is 0 Å². The number of piperazine rings is 1. The van der Waals surface area contributed by atoms with Gasteiger partial charge in [0.25, 0.3) is 0 Å². The normalized spacial score (nSPS) is 26.5. The second-order valence-corrected chi connectivity index (χ2v) is 5.28. The van der Waals surface area contributed by atoms with E-state index in [4.69, 9.17) is 11.1 Å². The molecule has 1 aliphatic carbocycles. The molecule has 1 saturated carbocycles. The van der Waals surface area contributed by atoms with Gasteiger partial charge in [-0.1, -0.05) is 0 Å². The standard InChI is InChI=1S/C11H22N4/c1-14-4-6-15(7-5-14)9-11(2-3-11)8-10(12)13/h2-9H2,1H3,(H3,12,13). The van der Waals surface area contributed by atoms with E-state index in [1.165, 1.54) is 39.0 Å². The largest absolute Gasteiger partial charge is 0.388 e. The molecule has 2 fully saturated rings. The van der Waals surface area contributed by atoms with Gasteiger partial charge in [0.15, 0.2) is 0 Å². The van der Waals surface area contributed by atoms with Gasteiger partial charge >= 0.3 is 0 Å². The first-order chi connectivity index (χ1) is 7.10. The molecule has 0 radical (unpaired) electrons. The minimum atomic E-state index is 0.363. The summed E-state index contributed by atoms with van der Waals surface area (Å²) in [6, 6.07) is 0. The van der Waals surface area contributed by atoms with Gasteiger partial charge in [0.1, 0.15) is 0 Å². The molecular weight excluding hydrogens is 188 g/mol. The van der Waals surface area contributed by atoms with Crippen LogP contribution in [0, 0.1) is 10.8 Å². The van der Waals surface area contributed by atoms with E-state index in [0.29, 0.717) is 11.3 Å². The van der Waals surface area contributed by atoms with Crippen molar-refractivity contribution in [2.24, 2.45) is 11.1 Å². The van der Waals surface area contributed by atoms with Crippen LogP contribution in [-0.2, 0) is 0 Å². The molecule has 15 heavy (non-hydrogen) atoms. The summed E-state index contributed by atoms with van der Waals surface area (Å²) in [5, 5.41) is 7.39. The zero-order chi connectivity index (χ0) is 10.9. The third-order valence-electron chi connectivity index (χ3n) is 3.68. The molecular formula is C11H22N4. The van der Waals surface area contributed by atoms with E-state index in [0.717, 1.165) is 13.0 Å². The lowest BCUT2D eigenvalue weighted by Gasteiger charge is -2.34. The van der Waals surface area contributed by atoms with Crippen LogP contribution in [0.4, 0.5) is 0 Å². The van der Waals surface area contributed by atoms with Gasteiger partial charge in [0, 0.05) is 39.1 Å². The fourth-order valence-electron chi connectivity index (χ4n) is 2.45. The van der Waals surface area contributed by atoms with Crippen molar-refractivity contribution in [1.82, 2.24) is 9.80 Å². The molecule has 4 nitrogen and oxygen atoms in total. The molecule has 1 heterocycles. The Morgan fingerprint density at radius 1 is 1.27 bits per heavy atom. The molecule has 1 aliphatic heterocycles. The zero-order valence-corrected chi connectivity index (χ0v) is 9.63. The Labute approximate surface area is 91.9 Å². The first-order valence-electron chi connectivity index (χ1n) is 5.83. The van der Waals surface area contributed by atoms with Crippen LogP contribution in [-0.4, -0.2) is 55.4 Å². The molecule has 0 aromatic rings. The molecule has 1 saturated heterocycles. The van der Waals surface area contributed by atoms with Crippen molar-refractivity contribution in [2.45, 2.75) is 19.3 Å². The molecule has 0 spiro atoms. The van der Waals surface area contributed by atoms with E-state index < -0.39 is 0 Å². The van der Waals surface area contributed by atoms with E-state index in [1.807, 2.05) is 0 Å². The van der Waals surface area contributed by atoms with Gasteiger partial charge in [0.05, 0.1) is 5.84 Å². The second kappa shape index (κ2) is 4.10. The summed E-state index contributed by atoms with van der Waals surface area (Å²) in [5.74, 6) is 0.363. The van der Waals surface area contributed by atoms with Crippen molar-refractivity contribution in [3.05, 3.63) is 0 Å². The van der Waals surface area contributed by atoms with Crippen LogP contribution in [0.5, 0.6) is 0 Å². The lowest BCUT2D eigenvalue weighted by Crippen LogP contribution is -2.46. The van der Waals surface area contributed by atoms with E-state index >= 15 is 0 Å². The molecule has 0 unspecified atom stereocenters. The van der Waals surface area contributed by atoms with Crippen molar-refractivity contribution < 1.29 is 0 Å². The fourth-order valence-corrected chi connectivity index (χ4v) is 2.45. The molecule has 0 bridgehead atoms. The Balaban J connectivity index is 1.79. The number of hydrogen-bond acceptors (Lipinski definition) is 3. The van der Waals surface area contributed by atoms with Crippen LogP contribution < -0.4 is 5.73 Å². The minimum Gasteiger partial charge on any atom is -0.388 e. The highest BCUT2D eigenvalue weighted by atomic mass is 15.2. The van der Waals surface area contributed by atoms with Gasteiger partial charge in [-0.05, 0) is 25.3 Å². The van der Waals surface area contributed by atoms with Crippen LogP contribution in [0.25, 0.3) is 0 Å². The highest BCUT2D eigenvalue weighted by Gasteiger charge is 2.44. The van der Waals surface area contributed by atoms with Crippen LogP contribution in [0.3, 0.4) is 0 Å². The summed E-state index contributed by atoms with van der Waals surface area (Å²) in [5.41, 5.74) is 5.88. The average Bonchev–Trinajstić information content (AvgIpc) is 2.88. The fraction of sp³-hybridized carbons (Fsp3) is 0.909. The maximum absolute atomic E-state index is 7.39. The van der Waals surface area contributed by atoms with Gasteiger partial charge in [-0.25, -0.2) is 0 Å². The summed E-state index contributed by atoms with van der Waals surface area (Å²) >= 11 is 0. The number of amidine groups is 1. The highest BCUT2D eigenvalue weighted by molar-refractivity contribution is 5.78. The second-order valence-electron chi connectivity index (χ2n) is 5.28. The van der Waals surface area contributed by atoms with Crippen molar-refractivity contribution in [1.29, 1.82) is 5.41 Å². The Kier molecular flexibility index (Phi) is 2.98. The first kappa shape index (κ1) is 10.9. The van der Waals surface area contributed by atoms with Gasteiger partial charge in [0.2, 0.25) is 0 Å². The van der Waals surface area contributed by atoms with E-state index in [-0.39, 0.29) is 0 Å². The molecule has 86 valence electrons. The molecule has 3 N–H and O–H groups in total. The smallest absolute Gasteiger partial charge is 0.0911 e. The summed E-state index contributed by atoms with van der Waals surface area (Å²) < 4.78 is 0. The summed E-state index contributed by atoms with van der Waals surface area (Å²) in [7, 11) is 2.18. The van der Waals surface area contributed by atoms with Crippen molar-refractivity contribution >= 4 is 5.84 Å². The monoisotopic (exact) mass is 210 g/mol. The Morgan fingerprint density at radius 3 is 2.33 bits per heavy atom. The quantitative estimate of drug-likeness (QED) is 0.520. The van der Waals surface area contributed by atoms with Crippen molar-refractivity contribution in [2.75, 3.05) is 39.8 Å². The molecule has 2 aliphatic rings. The molecule has 0 aromatic carbocycles. The number of nitrogens with one attached hydrogen (secondary N) is 1. The topological polar surface area (TPSA) is 56.4 Å². The maximum Gasteiger partial charge on any atom is 0.0911 e. The maximum atomic E-state index is 7.39. The van der Waals surface area contributed by atoms with E-state index in [9.17, 15) is 0 Å². The van der Waals surface area contributed by atoms with Crippen LogP contribution in [0.1, 0.15) is 19.3 Å². The number of nitrogens with zero attached hydrogens (tertiary/aromatic N) is 2. The third kappa shape index (κ3) is 2.92. The average molecular weight is 210 g/mol. The molecule has 4 heteroatoms. The number of rotatable bonds is 4. The van der Waals surface area contributed by atoms with Gasteiger partial charge < -0.3 is 15.5 Å². The lowest BCUT2D eigenvalue weighted by atomic mass is 10.0. The minimum absolute atomic E-state index is 0.363. The molecule has 0 amide bonds. The molecule has 0 atom stereocenters. The SMILES string of the molecule is CN1CCN(CC2(CC(=N)N)CC2)CC1. The molecule has 0 aromatic heterocycles. The lowest BCUT2D eigenvalue weighted by molar-refractivity contribution is 0.131. The summed E-state index contributed by atoms with van der Waals surface area (Å²) in [4.78, 5) is 4.91. The zero-order valence-electron chi connectivity index (χ0n) is 9.63. The number of hydrogen-bond donors (Lipinski definition) is 2. The Morgan fingerprint density at radius 2 is 1.87 bits per heavy atom.